The summed E-state index contributed by atoms with van der Waals surface area (Å²) in [6.07, 6.45) is 1.79. The standard InChI is InChI=1S/C17H36N4O2S/c1-6-18-17(20-12-16-8-11-24(22,23)13-16)19-9-7-10-21(14(2)3)15(4)5/h14-16H,6-13H2,1-5H3,(H2,18,19,20). The van der Waals surface area contributed by atoms with Crippen LogP contribution in [-0.4, -0.2) is 69.0 Å². The van der Waals surface area contributed by atoms with Gasteiger partial charge in [-0.05, 0) is 53.4 Å². The zero-order chi connectivity index (χ0) is 18.2. The van der Waals surface area contributed by atoms with Gasteiger partial charge in [0.15, 0.2) is 15.8 Å². The first-order valence-electron chi connectivity index (χ1n) is 9.23. The lowest BCUT2D eigenvalue weighted by molar-refractivity contribution is 0.173. The van der Waals surface area contributed by atoms with Crippen molar-refractivity contribution in [1.82, 2.24) is 15.5 Å². The molecule has 0 amide bonds. The fourth-order valence-corrected chi connectivity index (χ4v) is 5.01. The van der Waals surface area contributed by atoms with E-state index in [1.165, 1.54) is 0 Å². The lowest BCUT2D eigenvalue weighted by atomic mass is 10.1. The summed E-state index contributed by atoms with van der Waals surface area (Å²) >= 11 is 0. The van der Waals surface area contributed by atoms with Gasteiger partial charge in [0.05, 0.1) is 11.5 Å². The van der Waals surface area contributed by atoms with Crippen molar-refractivity contribution in [1.29, 1.82) is 0 Å². The summed E-state index contributed by atoms with van der Waals surface area (Å²) in [4.78, 5) is 7.05. The zero-order valence-electron chi connectivity index (χ0n) is 16.0. The van der Waals surface area contributed by atoms with E-state index in [0.717, 1.165) is 38.4 Å². The van der Waals surface area contributed by atoms with Crippen molar-refractivity contribution >= 4 is 15.8 Å². The van der Waals surface area contributed by atoms with Crippen LogP contribution in [0.2, 0.25) is 0 Å². The summed E-state index contributed by atoms with van der Waals surface area (Å²) in [5.74, 6) is 1.57. The fraction of sp³-hybridized carbons (Fsp3) is 0.941. The van der Waals surface area contributed by atoms with E-state index < -0.39 is 9.84 Å². The van der Waals surface area contributed by atoms with Crippen molar-refractivity contribution in [2.45, 2.75) is 59.5 Å². The Labute approximate surface area is 148 Å². The molecule has 1 saturated heterocycles. The molecule has 1 atom stereocenters. The van der Waals surface area contributed by atoms with Crippen LogP contribution in [0.15, 0.2) is 4.99 Å². The minimum absolute atomic E-state index is 0.169. The predicted octanol–water partition coefficient (Wildman–Crippen LogP) is 1.49. The van der Waals surface area contributed by atoms with Crippen molar-refractivity contribution < 1.29 is 8.42 Å². The molecule has 1 rings (SSSR count). The third-order valence-electron chi connectivity index (χ3n) is 4.39. The number of guanidine groups is 1. The quantitative estimate of drug-likeness (QED) is 0.370. The zero-order valence-corrected chi connectivity index (χ0v) is 16.8. The molecule has 6 nitrogen and oxygen atoms in total. The van der Waals surface area contributed by atoms with Gasteiger partial charge in [0.1, 0.15) is 0 Å². The smallest absolute Gasteiger partial charge is 0.191 e. The van der Waals surface area contributed by atoms with Gasteiger partial charge in [-0.1, -0.05) is 0 Å². The van der Waals surface area contributed by atoms with Gasteiger partial charge >= 0.3 is 0 Å². The number of aliphatic imine (C=N–C) groups is 1. The van der Waals surface area contributed by atoms with E-state index in [1.807, 2.05) is 6.92 Å². The lowest BCUT2D eigenvalue weighted by Gasteiger charge is -2.30. The highest BCUT2D eigenvalue weighted by Gasteiger charge is 2.27. The second kappa shape index (κ2) is 10.2. The summed E-state index contributed by atoms with van der Waals surface area (Å²) in [7, 11) is -2.82. The van der Waals surface area contributed by atoms with Crippen LogP contribution in [0.3, 0.4) is 0 Å². The minimum Gasteiger partial charge on any atom is -0.357 e. The van der Waals surface area contributed by atoms with E-state index in [9.17, 15) is 8.42 Å². The SMILES string of the molecule is CCNC(=NCC1CCS(=O)(=O)C1)NCCCN(C(C)C)C(C)C. The molecule has 0 radical (unpaired) electrons. The molecular formula is C17H36N4O2S. The minimum atomic E-state index is -2.82. The molecule has 7 heteroatoms. The first kappa shape index (κ1) is 21.2. The average Bonchev–Trinajstić information content (AvgIpc) is 2.82. The van der Waals surface area contributed by atoms with Crippen molar-refractivity contribution in [2.24, 2.45) is 10.9 Å². The van der Waals surface area contributed by atoms with Gasteiger partial charge in [-0.2, -0.15) is 0 Å². The molecule has 2 N–H and O–H groups in total. The highest BCUT2D eigenvalue weighted by molar-refractivity contribution is 7.91. The van der Waals surface area contributed by atoms with E-state index >= 15 is 0 Å². The number of sulfone groups is 1. The van der Waals surface area contributed by atoms with Crippen LogP contribution < -0.4 is 10.6 Å². The molecule has 0 aromatic heterocycles. The van der Waals surface area contributed by atoms with Gasteiger partial charge in [-0.25, -0.2) is 8.42 Å². The number of hydrogen-bond acceptors (Lipinski definition) is 4. The summed E-state index contributed by atoms with van der Waals surface area (Å²) in [5.41, 5.74) is 0. The van der Waals surface area contributed by atoms with E-state index in [1.54, 1.807) is 0 Å². The second-order valence-electron chi connectivity index (χ2n) is 7.19. The van der Waals surface area contributed by atoms with Crippen molar-refractivity contribution in [3.8, 4) is 0 Å². The second-order valence-corrected chi connectivity index (χ2v) is 9.42. The number of nitrogens with zero attached hydrogens (tertiary/aromatic N) is 2. The van der Waals surface area contributed by atoms with E-state index in [0.29, 0.717) is 24.4 Å². The Morgan fingerprint density at radius 2 is 1.88 bits per heavy atom. The largest absolute Gasteiger partial charge is 0.357 e. The summed E-state index contributed by atoms with van der Waals surface area (Å²) in [5, 5.41) is 6.60. The summed E-state index contributed by atoms with van der Waals surface area (Å²) in [6, 6.07) is 1.10. The molecule has 0 bridgehead atoms. The molecule has 0 aromatic rings. The van der Waals surface area contributed by atoms with Crippen LogP contribution in [0.4, 0.5) is 0 Å². The monoisotopic (exact) mass is 360 g/mol. The molecule has 0 aliphatic carbocycles. The number of hydrogen-bond donors (Lipinski definition) is 2. The molecule has 24 heavy (non-hydrogen) atoms. The molecular weight excluding hydrogens is 324 g/mol. The highest BCUT2D eigenvalue weighted by atomic mass is 32.2. The Hall–Kier alpha value is -0.820. The Morgan fingerprint density at radius 1 is 1.21 bits per heavy atom. The van der Waals surface area contributed by atoms with Gasteiger partial charge < -0.3 is 10.6 Å². The number of nitrogens with one attached hydrogen (secondary N) is 2. The Kier molecular flexibility index (Phi) is 9.05. The molecule has 1 aliphatic heterocycles. The van der Waals surface area contributed by atoms with Crippen LogP contribution in [0.5, 0.6) is 0 Å². The Bertz CT molecular complexity index is 481. The number of rotatable bonds is 9. The fourth-order valence-electron chi connectivity index (χ4n) is 3.16. The predicted molar refractivity (Wildman–Crippen MR) is 102 cm³/mol. The normalized spacial score (nSPS) is 21.0. The van der Waals surface area contributed by atoms with Gasteiger partial charge in [-0.15, -0.1) is 0 Å². The molecule has 1 unspecified atom stereocenters. The van der Waals surface area contributed by atoms with Crippen LogP contribution in [0.25, 0.3) is 0 Å². The van der Waals surface area contributed by atoms with Gasteiger partial charge in [0, 0.05) is 38.3 Å². The highest BCUT2D eigenvalue weighted by Crippen LogP contribution is 2.18. The molecule has 1 fully saturated rings. The van der Waals surface area contributed by atoms with Crippen molar-refractivity contribution in [3.63, 3.8) is 0 Å². The van der Waals surface area contributed by atoms with Crippen LogP contribution in [0, 0.1) is 5.92 Å². The molecule has 1 aliphatic rings. The van der Waals surface area contributed by atoms with E-state index in [-0.39, 0.29) is 11.7 Å². The van der Waals surface area contributed by atoms with Crippen molar-refractivity contribution in [3.05, 3.63) is 0 Å². The van der Waals surface area contributed by atoms with Crippen LogP contribution >= 0.6 is 0 Å². The van der Waals surface area contributed by atoms with Gasteiger partial charge in [0.25, 0.3) is 0 Å². The summed E-state index contributed by atoms with van der Waals surface area (Å²) in [6.45, 7) is 14.3. The first-order valence-corrected chi connectivity index (χ1v) is 11.1. The maximum absolute atomic E-state index is 11.5. The average molecular weight is 361 g/mol. The molecule has 0 saturated carbocycles. The molecule has 142 valence electrons. The van der Waals surface area contributed by atoms with Gasteiger partial charge in [0.2, 0.25) is 0 Å². The topological polar surface area (TPSA) is 73.8 Å². The van der Waals surface area contributed by atoms with Crippen LogP contribution in [0.1, 0.15) is 47.5 Å². The third-order valence-corrected chi connectivity index (χ3v) is 6.23. The lowest BCUT2D eigenvalue weighted by Crippen LogP contribution is -2.41. The van der Waals surface area contributed by atoms with E-state index in [2.05, 4.69) is 48.2 Å². The summed E-state index contributed by atoms with van der Waals surface area (Å²) < 4.78 is 23.0. The maximum Gasteiger partial charge on any atom is 0.191 e. The van der Waals surface area contributed by atoms with E-state index in [4.69, 9.17) is 0 Å². The first-order chi connectivity index (χ1) is 11.2. The molecule has 1 heterocycles. The van der Waals surface area contributed by atoms with Crippen molar-refractivity contribution in [2.75, 3.05) is 37.7 Å². The van der Waals surface area contributed by atoms with Crippen LogP contribution in [-0.2, 0) is 9.84 Å². The Balaban J connectivity index is 2.39. The molecule has 0 spiro atoms. The molecule has 0 aromatic carbocycles. The maximum atomic E-state index is 11.5. The Morgan fingerprint density at radius 3 is 2.38 bits per heavy atom. The third kappa shape index (κ3) is 7.83. The van der Waals surface area contributed by atoms with Gasteiger partial charge in [-0.3, -0.25) is 9.89 Å².